The lowest BCUT2D eigenvalue weighted by atomic mass is 9.95. The number of nitrogens with zero attached hydrogens (tertiary/aromatic N) is 1. The molecule has 1 heterocycles. The van der Waals surface area contributed by atoms with E-state index in [0.717, 1.165) is 31.8 Å². The third-order valence-electron chi connectivity index (χ3n) is 4.19. The summed E-state index contributed by atoms with van der Waals surface area (Å²) in [5.41, 5.74) is 1.54. The Morgan fingerprint density at radius 2 is 2.00 bits per heavy atom. The van der Waals surface area contributed by atoms with E-state index in [1.54, 1.807) is 19.1 Å². The van der Waals surface area contributed by atoms with Gasteiger partial charge in [0.05, 0.1) is 5.56 Å². The second-order valence-corrected chi connectivity index (χ2v) is 5.60. The number of anilines is 1. The van der Waals surface area contributed by atoms with E-state index >= 15 is 0 Å². The van der Waals surface area contributed by atoms with E-state index in [9.17, 15) is 9.59 Å². The van der Waals surface area contributed by atoms with Gasteiger partial charge in [0.2, 0.25) is 0 Å². The molecule has 0 spiro atoms. The summed E-state index contributed by atoms with van der Waals surface area (Å²) in [5.74, 6) is -0.224. The maximum absolute atomic E-state index is 12.2. The smallest absolute Gasteiger partial charge is 0.335 e. The van der Waals surface area contributed by atoms with Crippen LogP contribution in [0.4, 0.5) is 10.5 Å². The quantitative estimate of drug-likeness (QED) is 0.897. The number of aryl methyl sites for hydroxylation is 1. The highest BCUT2D eigenvalue weighted by Gasteiger charge is 2.21. The zero-order valence-electron chi connectivity index (χ0n) is 12.6. The van der Waals surface area contributed by atoms with Crippen molar-refractivity contribution in [1.82, 2.24) is 4.90 Å². The average molecular weight is 290 g/mol. The highest BCUT2D eigenvalue weighted by Crippen LogP contribution is 2.21. The molecule has 1 aromatic rings. The molecule has 1 saturated heterocycles. The molecule has 1 aliphatic heterocycles. The van der Waals surface area contributed by atoms with Gasteiger partial charge >= 0.3 is 12.0 Å². The van der Waals surface area contributed by atoms with Crippen LogP contribution < -0.4 is 5.32 Å². The first-order valence-corrected chi connectivity index (χ1v) is 7.41. The van der Waals surface area contributed by atoms with Gasteiger partial charge in [-0.2, -0.15) is 0 Å². The Balaban J connectivity index is 1.97. The van der Waals surface area contributed by atoms with Gasteiger partial charge in [-0.3, -0.25) is 0 Å². The summed E-state index contributed by atoms with van der Waals surface area (Å²) in [6.07, 6.45) is 3.28. The predicted octanol–water partition coefficient (Wildman–Crippen LogP) is 3.35. The standard InChI is InChI=1S/C16H22N2O3/c1-3-12-6-8-18(9-7-12)16(21)17-13-4-5-14(15(19)20)11(2)10-13/h4-5,10,12H,3,6-9H2,1-2H3,(H,17,21)(H,19,20). The van der Waals surface area contributed by atoms with Crippen molar-refractivity contribution in [3.8, 4) is 0 Å². The first kappa shape index (κ1) is 15.4. The molecule has 0 aliphatic carbocycles. The zero-order chi connectivity index (χ0) is 15.4. The minimum absolute atomic E-state index is 0.105. The van der Waals surface area contributed by atoms with Gasteiger partial charge in [-0.15, -0.1) is 0 Å². The van der Waals surface area contributed by atoms with Gasteiger partial charge in [0, 0.05) is 18.8 Å². The molecule has 0 atom stereocenters. The number of urea groups is 1. The van der Waals surface area contributed by atoms with Crippen molar-refractivity contribution >= 4 is 17.7 Å². The lowest BCUT2D eigenvalue weighted by Crippen LogP contribution is -2.40. The number of hydrogen-bond acceptors (Lipinski definition) is 2. The fraction of sp³-hybridized carbons (Fsp3) is 0.500. The van der Waals surface area contributed by atoms with E-state index in [1.807, 2.05) is 4.90 Å². The Kier molecular flexibility index (Phi) is 4.83. The predicted molar refractivity (Wildman–Crippen MR) is 81.7 cm³/mol. The van der Waals surface area contributed by atoms with Crippen LogP contribution in [0.5, 0.6) is 0 Å². The second-order valence-electron chi connectivity index (χ2n) is 5.60. The van der Waals surface area contributed by atoms with Gasteiger partial charge in [-0.25, -0.2) is 9.59 Å². The van der Waals surface area contributed by atoms with E-state index in [1.165, 1.54) is 12.5 Å². The summed E-state index contributed by atoms with van der Waals surface area (Å²) in [5, 5.41) is 11.8. The molecule has 0 aromatic heterocycles. The summed E-state index contributed by atoms with van der Waals surface area (Å²) in [6.45, 7) is 5.49. The molecule has 5 heteroatoms. The maximum Gasteiger partial charge on any atom is 0.335 e. The molecule has 0 saturated carbocycles. The largest absolute Gasteiger partial charge is 0.478 e. The fourth-order valence-corrected chi connectivity index (χ4v) is 2.73. The van der Waals surface area contributed by atoms with Gasteiger partial charge < -0.3 is 15.3 Å². The number of carbonyl (C=O) groups excluding carboxylic acids is 1. The van der Waals surface area contributed by atoms with E-state index < -0.39 is 5.97 Å². The van der Waals surface area contributed by atoms with Crippen LogP contribution in [-0.2, 0) is 0 Å². The molecule has 2 rings (SSSR count). The fourth-order valence-electron chi connectivity index (χ4n) is 2.73. The van der Waals surface area contributed by atoms with Crippen LogP contribution in [0, 0.1) is 12.8 Å². The summed E-state index contributed by atoms with van der Waals surface area (Å²) < 4.78 is 0. The van der Waals surface area contributed by atoms with Gasteiger partial charge in [-0.05, 0) is 49.4 Å². The van der Waals surface area contributed by atoms with Crippen molar-refractivity contribution < 1.29 is 14.7 Å². The van der Waals surface area contributed by atoms with Crippen LogP contribution in [-0.4, -0.2) is 35.1 Å². The molecule has 21 heavy (non-hydrogen) atoms. The Labute approximate surface area is 125 Å². The Morgan fingerprint density at radius 3 is 2.52 bits per heavy atom. The monoisotopic (exact) mass is 290 g/mol. The molecule has 114 valence electrons. The van der Waals surface area contributed by atoms with Crippen LogP contribution in [0.15, 0.2) is 18.2 Å². The topological polar surface area (TPSA) is 69.6 Å². The third kappa shape index (κ3) is 3.74. The van der Waals surface area contributed by atoms with E-state index in [2.05, 4.69) is 12.2 Å². The van der Waals surface area contributed by atoms with Crippen LogP contribution in [0.1, 0.15) is 42.1 Å². The summed E-state index contributed by atoms with van der Waals surface area (Å²) in [7, 11) is 0. The summed E-state index contributed by atoms with van der Waals surface area (Å²) in [6, 6.07) is 4.75. The van der Waals surface area contributed by atoms with Crippen LogP contribution in [0.2, 0.25) is 0 Å². The van der Waals surface area contributed by atoms with Crippen LogP contribution in [0.3, 0.4) is 0 Å². The summed E-state index contributed by atoms with van der Waals surface area (Å²) in [4.78, 5) is 25.0. The summed E-state index contributed by atoms with van der Waals surface area (Å²) >= 11 is 0. The molecule has 0 radical (unpaired) electrons. The number of carbonyl (C=O) groups is 2. The van der Waals surface area contributed by atoms with Crippen molar-refractivity contribution in [2.45, 2.75) is 33.1 Å². The molecule has 5 nitrogen and oxygen atoms in total. The van der Waals surface area contributed by atoms with Crippen LogP contribution >= 0.6 is 0 Å². The second kappa shape index (κ2) is 6.61. The number of carboxylic acids is 1. The zero-order valence-corrected chi connectivity index (χ0v) is 12.6. The average Bonchev–Trinajstić information content (AvgIpc) is 2.47. The van der Waals surface area contributed by atoms with Gasteiger partial charge in [0.25, 0.3) is 0 Å². The number of amides is 2. The van der Waals surface area contributed by atoms with Gasteiger partial charge in [0.15, 0.2) is 0 Å². The number of rotatable bonds is 3. The van der Waals surface area contributed by atoms with Crippen molar-refractivity contribution in [3.05, 3.63) is 29.3 Å². The van der Waals surface area contributed by atoms with Gasteiger partial charge in [-0.1, -0.05) is 13.3 Å². The Morgan fingerprint density at radius 1 is 1.33 bits per heavy atom. The lowest BCUT2D eigenvalue weighted by molar-refractivity contribution is 0.0696. The number of likely N-dealkylation sites (tertiary alicyclic amines) is 1. The van der Waals surface area contributed by atoms with Gasteiger partial charge in [0.1, 0.15) is 0 Å². The first-order chi connectivity index (χ1) is 10.0. The van der Waals surface area contributed by atoms with E-state index in [-0.39, 0.29) is 11.6 Å². The minimum atomic E-state index is -0.952. The van der Waals surface area contributed by atoms with Crippen molar-refractivity contribution in [1.29, 1.82) is 0 Å². The molecule has 0 unspecified atom stereocenters. The minimum Gasteiger partial charge on any atom is -0.478 e. The Bertz CT molecular complexity index is 534. The van der Waals surface area contributed by atoms with Crippen molar-refractivity contribution in [2.24, 2.45) is 5.92 Å². The molecule has 2 N–H and O–H groups in total. The number of hydrogen-bond donors (Lipinski definition) is 2. The van der Waals surface area contributed by atoms with Crippen molar-refractivity contribution in [2.75, 3.05) is 18.4 Å². The van der Waals surface area contributed by atoms with Crippen molar-refractivity contribution in [3.63, 3.8) is 0 Å². The molecule has 0 bridgehead atoms. The third-order valence-corrected chi connectivity index (χ3v) is 4.19. The molecule has 1 fully saturated rings. The number of carboxylic acid groups (broad SMARTS) is 1. The number of aromatic carboxylic acids is 1. The molecular weight excluding hydrogens is 268 g/mol. The Hall–Kier alpha value is -2.04. The highest BCUT2D eigenvalue weighted by molar-refractivity contribution is 5.92. The first-order valence-electron chi connectivity index (χ1n) is 7.41. The SMILES string of the molecule is CCC1CCN(C(=O)Nc2ccc(C(=O)O)c(C)c2)CC1. The number of benzene rings is 1. The van der Waals surface area contributed by atoms with E-state index in [4.69, 9.17) is 5.11 Å². The molecule has 2 amide bonds. The van der Waals surface area contributed by atoms with Crippen LogP contribution in [0.25, 0.3) is 0 Å². The lowest BCUT2D eigenvalue weighted by Gasteiger charge is -2.31. The molecule has 1 aromatic carbocycles. The molecule has 1 aliphatic rings. The number of nitrogens with one attached hydrogen (secondary N) is 1. The highest BCUT2D eigenvalue weighted by atomic mass is 16.4. The maximum atomic E-state index is 12.2. The molecular formula is C16H22N2O3. The van der Waals surface area contributed by atoms with E-state index in [0.29, 0.717) is 11.3 Å². The number of piperidine rings is 1. The normalized spacial score (nSPS) is 15.8.